The SMILES string of the molecule is CC(C)NCC(O)COc1ccccc1S(C)(=O)=O. The average Bonchev–Trinajstić information content (AvgIpc) is 2.33. The Morgan fingerprint density at radius 3 is 2.53 bits per heavy atom. The van der Waals surface area contributed by atoms with E-state index in [0.717, 1.165) is 6.26 Å². The van der Waals surface area contributed by atoms with Crippen molar-refractivity contribution in [2.75, 3.05) is 19.4 Å². The van der Waals surface area contributed by atoms with Crippen LogP contribution < -0.4 is 10.1 Å². The minimum Gasteiger partial charge on any atom is -0.489 e. The van der Waals surface area contributed by atoms with Crippen LogP contribution in [0.15, 0.2) is 29.2 Å². The molecule has 1 aromatic carbocycles. The van der Waals surface area contributed by atoms with Crippen molar-refractivity contribution in [1.82, 2.24) is 5.32 Å². The minimum atomic E-state index is -3.33. The molecule has 0 heterocycles. The molecule has 0 aliphatic rings. The highest BCUT2D eigenvalue weighted by Crippen LogP contribution is 2.23. The maximum absolute atomic E-state index is 11.6. The maximum Gasteiger partial charge on any atom is 0.179 e. The lowest BCUT2D eigenvalue weighted by Gasteiger charge is -2.16. The van der Waals surface area contributed by atoms with Crippen LogP contribution in [0.4, 0.5) is 0 Å². The smallest absolute Gasteiger partial charge is 0.179 e. The third-order valence-corrected chi connectivity index (χ3v) is 3.58. The highest BCUT2D eigenvalue weighted by molar-refractivity contribution is 7.90. The van der Waals surface area contributed by atoms with E-state index in [1.165, 1.54) is 6.07 Å². The fourth-order valence-electron chi connectivity index (χ4n) is 1.49. The van der Waals surface area contributed by atoms with Crippen LogP contribution in [-0.2, 0) is 9.84 Å². The number of para-hydroxylation sites is 1. The monoisotopic (exact) mass is 287 g/mol. The molecule has 1 atom stereocenters. The fourth-order valence-corrected chi connectivity index (χ4v) is 2.31. The highest BCUT2D eigenvalue weighted by Gasteiger charge is 2.15. The first-order valence-corrected chi connectivity index (χ1v) is 8.03. The molecule has 1 aromatic rings. The van der Waals surface area contributed by atoms with E-state index < -0.39 is 15.9 Å². The predicted octanol–water partition coefficient (Wildman–Crippen LogP) is 0.828. The number of hydrogen-bond acceptors (Lipinski definition) is 5. The Hall–Kier alpha value is -1.11. The molecule has 0 aromatic heterocycles. The summed E-state index contributed by atoms with van der Waals surface area (Å²) >= 11 is 0. The van der Waals surface area contributed by atoms with Crippen LogP contribution in [-0.4, -0.2) is 45.1 Å². The molecule has 6 heteroatoms. The zero-order chi connectivity index (χ0) is 14.5. The van der Waals surface area contributed by atoms with E-state index in [2.05, 4.69) is 5.32 Å². The summed E-state index contributed by atoms with van der Waals surface area (Å²) in [7, 11) is -3.33. The number of sulfone groups is 1. The van der Waals surface area contributed by atoms with Crippen molar-refractivity contribution in [2.24, 2.45) is 0 Å². The molecule has 5 nitrogen and oxygen atoms in total. The standard InChI is InChI=1S/C13H21NO4S/c1-10(2)14-8-11(15)9-18-12-6-4-5-7-13(12)19(3,16)17/h4-7,10-11,14-15H,8-9H2,1-3H3. The summed E-state index contributed by atoms with van der Waals surface area (Å²) in [6.07, 6.45) is 0.446. The average molecular weight is 287 g/mol. The molecular weight excluding hydrogens is 266 g/mol. The molecule has 0 saturated heterocycles. The van der Waals surface area contributed by atoms with E-state index in [0.29, 0.717) is 6.54 Å². The Morgan fingerprint density at radius 2 is 1.95 bits per heavy atom. The van der Waals surface area contributed by atoms with Crippen molar-refractivity contribution in [3.8, 4) is 5.75 Å². The summed E-state index contributed by atoms with van der Waals surface area (Å²) in [6.45, 7) is 4.41. The number of hydrogen-bond donors (Lipinski definition) is 2. The van der Waals surface area contributed by atoms with E-state index in [-0.39, 0.29) is 23.3 Å². The van der Waals surface area contributed by atoms with Gasteiger partial charge < -0.3 is 15.2 Å². The molecule has 1 unspecified atom stereocenters. The molecule has 0 fully saturated rings. The molecule has 0 aliphatic carbocycles. The lowest BCUT2D eigenvalue weighted by atomic mass is 10.3. The second-order valence-electron chi connectivity index (χ2n) is 4.75. The summed E-state index contributed by atoms with van der Waals surface area (Å²) in [6, 6.07) is 6.68. The molecule has 2 N–H and O–H groups in total. The van der Waals surface area contributed by atoms with Crippen LogP contribution in [0.1, 0.15) is 13.8 Å². The summed E-state index contributed by atoms with van der Waals surface area (Å²) in [5, 5.41) is 12.8. The molecule has 0 amide bonds. The van der Waals surface area contributed by atoms with Crippen LogP contribution in [0.5, 0.6) is 5.75 Å². The third-order valence-electron chi connectivity index (χ3n) is 2.44. The molecule has 0 aliphatic heterocycles. The Balaban J connectivity index is 2.63. The second-order valence-corrected chi connectivity index (χ2v) is 6.73. The van der Waals surface area contributed by atoms with Gasteiger partial charge in [0.25, 0.3) is 0 Å². The molecule has 108 valence electrons. The number of aliphatic hydroxyl groups excluding tert-OH is 1. The Morgan fingerprint density at radius 1 is 1.32 bits per heavy atom. The third kappa shape index (κ3) is 5.59. The van der Waals surface area contributed by atoms with Gasteiger partial charge in [0.2, 0.25) is 0 Å². The van der Waals surface area contributed by atoms with Crippen molar-refractivity contribution >= 4 is 9.84 Å². The fraction of sp³-hybridized carbons (Fsp3) is 0.538. The lowest BCUT2D eigenvalue weighted by molar-refractivity contribution is 0.103. The van der Waals surface area contributed by atoms with Gasteiger partial charge in [0.1, 0.15) is 23.4 Å². The van der Waals surface area contributed by atoms with Crippen LogP contribution in [0, 0.1) is 0 Å². The Bertz CT molecular complexity index is 499. The molecular formula is C13H21NO4S. The predicted molar refractivity (Wildman–Crippen MR) is 74.2 cm³/mol. The van der Waals surface area contributed by atoms with Gasteiger partial charge in [-0.1, -0.05) is 26.0 Å². The van der Waals surface area contributed by atoms with E-state index in [1.54, 1.807) is 18.2 Å². The summed E-state index contributed by atoms with van der Waals surface area (Å²) in [5.41, 5.74) is 0. The van der Waals surface area contributed by atoms with Gasteiger partial charge in [0, 0.05) is 18.8 Å². The number of rotatable bonds is 7. The second kappa shape index (κ2) is 6.88. The quantitative estimate of drug-likeness (QED) is 0.777. The first kappa shape index (κ1) is 15.9. The van der Waals surface area contributed by atoms with Gasteiger partial charge in [-0.25, -0.2) is 8.42 Å². The van der Waals surface area contributed by atoms with Crippen molar-refractivity contribution in [3.63, 3.8) is 0 Å². The zero-order valence-corrected chi connectivity index (χ0v) is 12.3. The van der Waals surface area contributed by atoms with Gasteiger partial charge in [-0.05, 0) is 12.1 Å². The largest absolute Gasteiger partial charge is 0.489 e. The van der Waals surface area contributed by atoms with Crippen LogP contribution in [0.25, 0.3) is 0 Å². The van der Waals surface area contributed by atoms with Gasteiger partial charge in [-0.3, -0.25) is 0 Å². The first-order chi connectivity index (χ1) is 8.80. The first-order valence-electron chi connectivity index (χ1n) is 6.14. The van der Waals surface area contributed by atoms with Crippen LogP contribution in [0.2, 0.25) is 0 Å². The van der Waals surface area contributed by atoms with Crippen molar-refractivity contribution in [1.29, 1.82) is 0 Å². The van der Waals surface area contributed by atoms with Gasteiger partial charge in [-0.15, -0.1) is 0 Å². The van der Waals surface area contributed by atoms with E-state index in [1.807, 2.05) is 13.8 Å². The molecule has 1 rings (SSSR count). The lowest BCUT2D eigenvalue weighted by Crippen LogP contribution is -2.35. The normalized spacial score (nSPS) is 13.5. The molecule has 19 heavy (non-hydrogen) atoms. The number of ether oxygens (including phenoxy) is 1. The maximum atomic E-state index is 11.6. The molecule has 0 radical (unpaired) electrons. The summed E-state index contributed by atoms with van der Waals surface area (Å²) < 4.78 is 28.5. The molecule has 0 saturated carbocycles. The van der Waals surface area contributed by atoms with Crippen molar-refractivity contribution in [2.45, 2.75) is 30.9 Å². The highest BCUT2D eigenvalue weighted by atomic mass is 32.2. The van der Waals surface area contributed by atoms with Crippen LogP contribution in [0.3, 0.4) is 0 Å². The number of nitrogens with one attached hydrogen (secondary N) is 1. The van der Waals surface area contributed by atoms with Crippen LogP contribution >= 0.6 is 0 Å². The zero-order valence-electron chi connectivity index (χ0n) is 11.5. The van der Waals surface area contributed by atoms with Gasteiger partial charge >= 0.3 is 0 Å². The Kier molecular flexibility index (Phi) is 5.78. The molecule has 0 spiro atoms. The van der Waals surface area contributed by atoms with E-state index >= 15 is 0 Å². The van der Waals surface area contributed by atoms with Crippen molar-refractivity contribution in [3.05, 3.63) is 24.3 Å². The van der Waals surface area contributed by atoms with Crippen molar-refractivity contribution < 1.29 is 18.3 Å². The summed E-state index contributed by atoms with van der Waals surface area (Å²) in [5.74, 6) is 0.272. The summed E-state index contributed by atoms with van der Waals surface area (Å²) in [4.78, 5) is 0.138. The number of benzene rings is 1. The van der Waals surface area contributed by atoms with E-state index in [4.69, 9.17) is 4.74 Å². The van der Waals surface area contributed by atoms with Gasteiger partial charge in [-0.2, -0.15) is 0 Å². The number of aliphatic hydroxyl groups is 1. The Labute approximate surface area is 114 Å². The molecule has 0 bridgehead atoms. The topological polar surface area (TPSA) is 75.6 Å². The van der Waals surface area contributed by atoms with Gasteiger partial charge in [0.15, 0.2) is 9.84 Å². The minimum absolute atomic E-state index is 0.0479. The van der Waals surface area contributed by atoms with Gasteiger partial charge in [0.05, 0.1) is 0 Å². The van der Waals surface area contributed by atoms with E-state index in [9.17, 15) is 13.5 Å².